The van der Waals surface area contributed by atoms with Crippen molar-refractivity contribution in [2.75, 3.05) is 26.7 Å². The van der Waals surface area contributed by atoms with Gasteiger partial charge in [-0.15, -0.1) is 0 Å². The number of hydrogen-bond donors (Lipinski definition) is 4. The molecule has 1 aliphatic rings. The molecule has 2 heterocycles. The van der Waals surface area contributed by atoms with Crippen LogP contribution in [0.15, 0.2) is 66.9 Å². The number of benzene rings is 3. The fourth-order valence-corrected chi connectivity index (χ4v) is 7.85. The maximum absolute atomic E-state index is 14.6. The molecular formula is C49H61N7O7S. The average Bonchev–Trinajstić information content (AvgIpc) is 3.27. The van der Waals surface area contributed by atoms with Crippen molar-refractivity contribution in [3.8, 4) is 40.1 Å². The highest BCUT2D eigenvalue weighted by Crippen LogP contribution is 2.40. The van der Waals surface area contributed by atoms with E-state index in [9.17, 15) is 29.1 Å². The van der Waals surface area contributed by atoms with E-state index in [2.05, 4.69) is 48.2 Å². The number of hydrogen-bond acceptors (Lipinski definition) is 12. The number of nitriles is 1. The van der Waals surface area contributed by atoms with Gasteiger partial charge in [0.2, 0.25) is 11.8 Å². The van der Waals surface area contributed by atoms with Crippen LogP contribution >= 0.6 is 13.5 Å². The second kappa shape index (κ2) is 22.6. The second-order valence-corrected chi connectivity index (χ2v) is 17.0. The summed E-state index contributed by atoms with van der Waals surface area (Å²) in [6.45, 7) is 10.2. The van der Waals surface area contributed by atoms with Crippen LogP contribution in [0.25, 0.3) is 22.5 Å². The molecule has 0 saturated heterocycles. The van der Waals surface area contributed by atoms with Crippen LogP contribution < -0.4 is 21.5 Å². The number of amides is 2. The van der Waals surface area contributed by atoms with Crippen LogP contribution in [0.5, 0.6) is 11.5 Å². The zero-order valence-electron chi connectivity index (χ0n) is 37.6. The van der Waals surface area contributed by atoms with Crippen molar-refractivity contribution in [3.05, 3.63) is 94.8 Å². The molecule has 15 heteroatoms. The molecule has 2 amide bonds. The van der Waals surface area contributed by atoms with Crippen molar-refractivity contribution >= 4 is 42.7 Å². The average molecular weight is 892 g/mol. The number of phenolic OH excluding ortho intramolecular Hbond substituents is 1. The van der Waals surface area contributed by atoms with E-state index in [1.165, 1.54) is 29.8 Å². The fraction of sp³-hybridized carbons (Fsp3) is 0.429. The van der Waals surface area contributed by atoms with Crippen molar-refractivity contribution in [2.45, 2.75) is 97.1 Å². The number of nitrogens with one attached hydrogen (secondary N) is 1. The quantitative estimate of drug-likeness (QED) is 0.0921. The maximum atomic E-state index is 14.6. The van der Waals surface area contributed by atoms with E-state index >= 15 is 0 Å². The number of ketones is 3. The molecule has 0 aliphatic carbocycles. The van der Waals surface area contributed by atoms with Crippen molar-refractivity contribution in [1.82, 2.24) is 20.2 Å². The van der Waals surface area contributed by atoms with E-state index in [1.54, 1.807) is 44.2 Å². The molecule has 64 heavy (non-hydrogen) atoms. The Balaban J connectivity index is 0.00000898. The molecular weight excluding hydrogens is 831 g/mol. The first-order valence-electron chi connectivity index (χ1n) is 21.5. The first kappa shape index (κ1) is 50.7. The number of carbonyl (C=O) groups excluding carboxylic acids is 5. The maximum Gasteiger partial charge on any atom is 0.226 e. The van der Waals surface area contributed by atoms with E-state index in [1.807, 2.05) is 18.2 Å². The Morgan fingerprint density at radius 3 is 2.39 bits per heavy atom. The third kappa shape index (κ3) is 12.0. The van der Waals surface area contributed by atoms with Gasteiger partial charge in [0.05, 0.1) is 23.4 Å². The minimum atomic E-state index is -1.26. The molecule has 0 radical (unpaired) electrons. The van der Waals surface area contributed by atoms with Gasteiger partial charge in [-0.3, -0.25) is 24.0 Å². The lowest BCUT2D eigenvalue weighted by Gasteiger charge is -2.32. The minimum absolute atomic E-state index is 0. The molecule has 1 aromatic heterocycles. The summed E-state index contributed by atoms with van der Waals surface area (Å²) in [6, 6.07) is 17.5. The van der Waals surface area contributed by atoms with Gasteiger partial charge in [-0.25, -0.2) is 9.97 Å². The molecule has 4 atom stereocenters. The molecule has 0 saturated carbocycles. The first-order valence-corrected chi connectivity index (χ1v) is 21.5. The fourth-order valence-electron chi connectivity index (χ4n) is 7.85. The molecule has 0 unspecified atom stereocenters. The summed E-state index contributed by atoms with van der Waals surface area (Å²) in [5.41, 5.74) is 16.2. The van der Waals surface area contributed by atoms with Crippen molar-refractivity contribution in [1.29, 1.82) is 5.26 Å². The molecule has 4 aromatic rings. The predicted molar refractivity (Wildman–Crippen MR) is 250 cm³/mol. The van der Waals surface area contributed by atoms with Gasteiger partial charge in [0.25, 0.3) is 0 Å². The highest BCUT2D eigenvalue weighted by atomic mass is 32.1. The smallest absolute Gasteiger partial charge is 0.226 e. The lowest BCUT2D eigenvalue weighted by molar-refractivity contribution is -0.142. The van der Waals surface area contributed by atoms with Gasteiger partial charge >= 0.3 is 0 Å². The van der Waals surface area contributed by atoms with Gasteiger partial charge in [-0.2, -0.15) is 18.8 Å². The van der Waals surface area contributed by atoms with Crippen LogP contribution in [0.4, 0.5) is 0 Å². The number of carbonyl (C=O) groups is 5. The van der Waals surface area contributed by atoms with Crippen LogP contribution in [-0.2, 0) is 31.0 Å². The normalized spacial score (nSPS) is 16.9. The largest absolute Gasteiger partial charge is 0.507 e. The SMILES string of the molecule is CCC(C)(C)c1ccc(-c2ncc(C(=O)C[C@@H](CCN)C(=O)N(C)[C@@H]3C(=O)C[C@@H](C)C(=O)N[C@H](C(=O)CCC#N)Cc4ccc(O)c(c4)-c4cc3ccc4OCCN)c(C)n2)cc1.S. The summed E-state index contributed by atoms with van der Waals surface area (Å²) < 4.78 is 6.01. The molecule has 340 valence electrons. The number of phenols is 1. The van der Waals surface area contributed by atoms with Gasteiger partial charge in [-0.1, -0.05) is 64.1 Å². The van der Waals surface area contributed by atoms with Gasteiger partial charge in [0.15, 0.2) is 23.2 Å². The van der Waals surface area contributed by atoms with Gasteiger partial charge < -0.3 is 31.5 Å². The van der Waals surface area contributed by atoms with Crippen molar-refractivity contribution < 1.29 is 33.8 Å². The Morgan fingerprint density at radius 2 is 1.75 bits per heavy atom. The first-order chi connectivity index (χ1) is 30.0. The summed E-state index contributed by atoms with van der Waals surface area (Å²) in [4.78, 5) is 80.6. The van der Waals surface area contributed by atoms with Crippen LogP contribution in [0.3, 0.4) is 0 Å². The predicted octanol–water partition coefficient (Wildman–Crippen LogP) is 6.21. The Morgan fingerprint density at radius 1 is 1.03 bits per heavy atom. The number of nitrogens with zero attached hydrogens (tertiary/aromatic N) is 4. The lowest BCUT2D eigenvalue weighted by atomic mass is 9.82. The number of rotatable bonds is 16. The minimum Gasteiger partial charge on any atom is -0.507 e. The Hall–Kier alpha value is -5.95. The topological polar surface area (TPSA) is 232 Å². The van der Waals surface area contributed by atoms with E-state index in [0.29, 0.717) is 39.5 Å². The zero-order valence-corrected chi connectivity index (χ0v) is 38.6. The van der Waals surface area contributed by atoms with Crippen molar-refractivity contribution in [2.24, 2.45) is 23.3 Å². The summed E-state index contributed by atoms with van der Waals surface area (Å²) in [5.74, 6) is -3.45. The number of nitrogens with two attached hydrogens (primary N) is 2. The molecule has 0 fully saturated rings. The van der Waals surface area contributed by atoms with Crippen LogP contribution in [0.1, 0.15) is 105 Å². The Bertz CT molecular complexity index is 2380. The lowest BCUT2D eigenvalue weighted by Crippen LogP contribution is -2.46. The van der Waals surface area contributed by atoms with E-state index in [-0.39, 0.29) is 100 Å². The van der Waals surface area contributed by atoms with Crippen molar-refractivity contribution in [3.63, 3.8) is 0 Å². The van der Waals surface area contributed by atoms with E-state index in [4.69, 9.17) is 21.5 Å². The Kier molecular flexibility index (Phi) is 17.9. The third-order valence-electron chi connectivity index (χ3n) is 12.1. The highest BCUT2D eigenvalue weighted by Gasteiger charge is 2.36. The number of ether oxygens (including phenoxy) is 1. The number of aromatic nitrogens is 2. The number of aryl methyl sites for hydroxylation is 1. The Labute approximate surface area is 382 Å². The highest BCUT2D eigenvalue weighted by molar-refractivity contribution is 7.59. The standard InChI is InChI=1S/C49H59N7O7.H2S/c1-7-49(4,5)35-14-11-32(12-15-35)46-53-28-38(30(3)54-46)42(59)27-34(18-20-51)48(62)56(6)45-33-13-17-44(63-22-21-52)37(26-33)36-24-31(10-16-40(36)57)25-39(41(58)9-8-19-50)55-47(61)29(2)23-43(45)60;/h10-17,24,26,28-29,34,39,45,57H,7-9,18,20-23,25,27,51-52H2,1-6H3,(H,55,61);1H2/t29-,34-,39+,45+;/m1./s1. The molecule has 6 N–H and O–H groups in total. The molecule has 4 bridgehead atoms. The van der Waals surface area contributed by atoms with Crippen LogP contribution in [-0.4, -0.2) is 81.9 Å². The van der Waals surface area contributed by atoms with Crippen LogP contribution in [0.2, 0.25) is 0 Å². The summed E-state index contributed by atoms with van der Waals surface area (Å²) >= 11 is 0. The van der Waals surface area contributed by atoms with E-state index in [0.717, 1.165) is 12.0 Å². The van der Waals surface area contributed by atoms with Gasteiger partial charge in [0.1, 0.15) is 24.1 Å². The summed E-state index contributed by atoms with van der Waals surface area (Å²) in [6.07, 6.45) is 1.97. The molecule has 0 spiro atoms. The number of likely N-dealkylation sites (N-methyl/N-ethyl adjacent to an activating group) is 1. The molecule has 14 nitrogen and oxygen atoms in total. The number of fused-ring (bicyclic) bond motifs is 5. The molecule has 1 aliphatic heterocycles. The van der Waals surface area contributed by atoms with Gasteiger partial charge in [-0.05, 0) is 79.1 Å². The summed E-state index contributed by atoms with van der Waals surface area (Å²) in [5, 5.41) is 23.2. The number of Topliss-reactive ketones (excluding diaryl/α,β-unsaturated/α-hetero) is 3. The monoisotopic (exact) mass is 891 g/mol. The third-order valence-corrected chi connectivity index (χ3v) is 12.1. The second-order valence-electron chi connectivity index (χ2n) is 17.0. The van der Waals surface area contributed by atoms with E-state index < -0.39 is 41.5 Å². The number of aromatic hydroxyl groups is 1. The zero-order chi connectivity index (χ0) is 46.0. The molecule has 5 rings (SSSR count). The molecule has 3 aromatic carbocycles. The van der Waals surface area contributed by atoms with Crippen LogP contribution in [0, 0.1) is 30.1 Å². The summed E-state index contributed by atoms with van der Waals surface area (Å²) in [7, 11) is 1.48. The van der Waals surface area contributed by atoms with Gasteiger partial charge in [0, 0.05) is 74.0 Å².